The molecule has 0 amide bonds. The summed E-state index contributed by atoms with van der Waals surface area (Å²) in [7, 11) is 0. The molecule has 2 fully saturated rings. The van der Waals surface area contributed by atoms with Crippen molar-refractivity contribution in [2.75, 3.05) is 0 Å². The summed E-state index contributed by atoms with van der Waals surface area (Å²) in [6.45, 7) is 0. The third-order valence-electron chi connectivity index (χ3n) is 5.31. The van der Waals surface area contributed by atoms with Gasteiger partial charge < -0.3 is 0 Å². The Morgan fingerprint density at radius 3 is 1.89 bits per heavy atom. The molecular weight excluding hydrogens is 228 g/mol. The van der Waals surface area contributed by atoms with E-state index >= 15 is 0 Å². The molecule has 104 valence electrons. The van der Waals surface area contributed by atoms with Crippen LogP contribution in [0.2, 0.25) is 0 Å². The van der Waals surface area contributed by atoms with Crippen molar-refractivity contribution < 1.29 is 0 Å². The van der Waals surface area contributed by atoms with E-state index < -0.39 is 0 Å². The monoisotopic (exact) mass is 256 g/mol. The van der Waals surface area contributed by atoms with Crippen molar-refractivity contribution in [3.05, 3.63) is 35.4 Å². The van der Waals surface area contributed by atoms with Gasteiger partial charge in [-0.15, -0.1) is 0 Å². The van der Waals surface area contributed by atoms with Crippen LogP contribution in [-0.2, 0) is 6.42 Å². The number of hydrogen-bond donors (Lipinski definition) is 0. The van der Waals surface area contributed by atoms with Crippen LogP contribution in [-0.4, -0.2) is 0 Å². The maximum absolute atomic E-state index is 2.42. The summed E-state index contributed by atoms with van der Waals surface area (Å²) in [4.78, 5) is 0. The molecule has 19 heavy (non-hydrogen) atoms. The Balaban J connectivity index is 1.58. The molecule has 0 radical (unpaired) electrons. The highest BCUT2D eigenvalue weighted by Crippen LogP contribution is 2.33. The van der Waals surface area contributed by atoms with Crippen LogP contribution < -0.4 is 0 Å². The largest absolute Gasteiger partial charge is 0.0587 e. The molecule has 0 saturated heterocycles. The van der Waals surface area contributed by atoms with Crippen molar-refractivity contribution in [1.82, 2.24) is 0 Å². The van der Waals surface area contributed by atoms with Crippen molar-refractivity contribution in [3.8, 4) is 0 Å². The van der Waals surface area contributed by atoms with E-state index in [1.807, 2.05) is 0 Å². The fraction of sp³-hybridized carbons (Fsp3) is 0.684. The fourth-order valence-corrected chi connectivity index (χ4v) is 4.09. The molecule has 1 aromatic carbocycles. The van der Waals surface area contributed by atoms with E-state index in [0.29, 0.717) is 0 Å². The summed E-state index contributed by atoms with van der Waals surface area (Å²) in [5, 5.41) is 0. The molecule has 3 rings (SSSR count). The Kier molecular flexibility index (Phi) is 4.58. The third-order valence-corrected chi connectivity index (χ3v) is 5.31. The maximum atomic E-state index is 2.42. The lowest BCUT2D eigenvalue weighted by molar-refractivity contribution is 0.356. The van der Waals surface area contributed by atoms with Crippen molar-refractivity contribution in [3.63, 3.8) is 0 Å². The molecule has 0 aromatic heterocycles. The van der Waals surface area contributed by atoms with Gasteiger partial charge in [-0.25, -0.2) is 0 Å². The van der Waals surface area contributed by atoms with Gasteiger partial charge in [0.2, 0.25) is 0 Å². The Bertz CT molecular complexity index is 364. The smallest absolute Gasteiger partial charge is 0.0162 e. The van der Waals surface area contributed by atoms with Crippen LogP contribution in [0.1, 0.15) is 81.3 Å². The highest BCUT2D eigenvalue weighted by Gasteiger charge is 2.16. The minimum atomic E-state index is 0.859. The predicted molar refractivity (Wildman–Crippen MR) is 82.5 cm³/mol. The molecule has 0 heterocycles. The van der Waals surface area contributed by atoms with E-state index in [4.69, 9.17) is 0 Å². The van der Waals surface area contributed by atoms with E-state index in [-0.39, 0.29) is 0 Å². The normalized spacial score (nSPS) is 22.5. The lowest BCUT2D eigenvalue weighted by atomic mass is 9.82. The quantitative estimate of drug-likeness (QED) is 0.635. The second-order valence-corrected chi connectivity index (χ2v) is 6.78. The van der Waals surface area contributed by atoms with Crippen LogP contribution in [0.25, 0.3) is 0 Å². The van der Waals surface area contributed by atoms with Crippen molar-refractivity contribution in [2.45, 2.75) is 76.5 Å². The topological polar surface area (TPSA) is 0 Å². The average Bonchev–Trinajstić information content (AvgIpc) is 2.50. The van der Waals surface area contributed by atoms with Gasteiger partial charge >= 0.3 is 0 Å². The average molecular weight is 256 g/mol. The molecular formula is C19H28. The molecule has 0 atom stereocenters. The molecule has 2 saturated carbocycles. The highest BCUT2D eigenvalue weighted by atomic mass is 14.2. The lowest BCUT2D eigenvalue weighted by Crippen LogP contribution is -2.09. The van der Waals surface area contributed by atoms with Gasteiger partial charge in [0.25, 0.3) is 0 Å². The van der Waals surface area contributed by atoms with E-state index in [1.165, 1.54) is 70.6 Å². The van der Waals surface area contributed by atoms with Crippen molar-refractivity contribution in [1.29, 1.82) is 0 Å². The fourth-order valence-electron chi connectivity index (χ4n) is 4.09. The Labute approximate surface area is 118 Å². The summed E-state index contributed by atoms with van der Waals surface area (Å²) in [6.07, 6.45) is 15.8. The molecule has 0 heteroatoms. The summed E-state index contributed by atoms with van der Waals surface area (Å²) < 4.78 is 0. The number of rotatable bonds is 3. The van der Waals surface area contributed by atoms with Gasteiger partial charge in [0.15, 0.2) is 0 Å². The van der Waals surface area contributed by atoms with E-state index in [2.05, 4.69) is 24.3 Å². The summed E-state index contributed by atoms with van der Waals surface area (Å²) >= 11 is 0. The minimum Gasteiger partial charge on any atom is -0.0587 e. The van der Waals surface area contributed by atoms with Gasteiger partial charge in [-0.1, -0.05) is 75.6 Å². The summed E-state index contributed by atoms with van der Waals surface area (Å²) in [5.41, 5.74) is 3.18. The second-order valence-electron chi connectivity index (χ2n) is 6.78. The first-order valence-electron chi connectivity index (χ1n) is 8.50. The van der Waals surface area contributed by atoms with Crippen LogP contribution in [0.3, 0.4) is 0 Å². The zero-order chi connectivity index (χ0) is 12.9. The lowest BCUT2D eigenvalue weighted by Gasteiger charge is -2.23. The van der Waals surface area contributed by atoms with Gasteiger partial charge in [0, 0.05) is 0 Å². The van der Waals surface area contributed by atoms with Gasteiger partial charge in [-0.3, -0.25) is 0 Å². The molecule has 2 aliphatic carbocycles. The van der Waals surface area contributed by atoms with Gasteiger partial charge in [-0.05, 0) is 42.2 Å². The first kappa shape index (κ1) is 13.2. The standard InChI is InChI=1S/C19H28/c1-3-7-16(8-4-1)15-17-11-13-19(14-12-17)18-9-5-2-6-10-18/h11-14,16,18H,1-10,15H2. The van der Waals surface area contributed by atoms with Gasteiger partial charge in [0.05, 0.1) is 0 Å². The summed E-state index contributed by atoms with van der Waals surface area (Å²) in [5.74, 6) is 1.83. The van der Waals surface area contributed by atoms with E-state index in [1.54, 1.807) is 11.1 Å². The van der Waals surface area contributed by atoms with Crippen LogP contribution in [0.4, 0.5) is 0 Å². The van der Waals surface area contributed by atoms with Crippen molar-refractivity contribution >= 4 is 0 Å². The Morgan fingerprint density at radius 2 is 1.26 bits per heavy atom. The van der Waals surface area contributed by atoms with Crippen molar-refractivity contribution in [2.24, 2.45) is 5.92 Å². The van der Waals surface area contributed by atoms with Crippen LogP contribution in [0.15, 0.2) is 24.3 Å². The highest BCUT2D eigenvalue weighted by molar-refractivity contribution is 5.26. The first-order valence-corrected chi connectivity index (χ1v) is 8.50. The predicted octanol–water partition coefficient (Wildman–Crippen LogP) is 5.86. The van der Waals surface area contributed by atoms with Crippen LogP contribution in [0, 0.1) is 5.92 Å². The Hall–Kier alpha value is -0.780. The molecule has 2 aliphatic rings. The molecule has 1 aromatic rings. The minimum absolute atomic E-state index is 0.859. The molecule has 0 bridgehead atoms. The molecule has 0 nitrogen and oxygen atoms in total. The zero-order valence-corrected chi connectivity index (χ0v) is 12.2. The SMILES string of the molecule is c1cc(C2CCCCC2)ccc1CC1CCCCC1. The zero-order valence-electron chi connectivity index (χ0n) is 12.2. The van der Waals surface area contributed by atoms with E-state index in [9.17, 15) is 0 Å². The second kappa shape index (κ2) is 6.59. The molecule has 0 unspecified atom stereocenters. The van der Waals surface area contributed by atoms with Crippen LogP contribution in [0.5, 0.6) is 0 Å². The molecule has 0 aliphatic heterocycles. The molecule has 0 N–H and O–H groups in total. The van der Waals surface area contributed by atoms with Crippen LogP contribution >= 0.6 is 0 Å². The summed E-state index contributed by atoms with van der Waals surface area (Å²) in [6, 6.07) is 9.68. The molecule has 0 spiro atoms. The third kappa shape index (κ3) is 3.61. The maximum Gasteiger partial charge on any atom is -0.0162 e. The number of hydrogen-bond acceptors (Lipinski definition) is 0. The van der Waals surface area contributed by atoms with Gasteiger partial charge in [0.1, 0.15) is 0 Å². The Morgan fingerprint density at radius 1 is 0.684 bits per heavy atom. The van der Waals surface area contributed by atoms with Gasteiger partial charge in [-0.2, -0.15) is 0 Å². The first-order chi connectivity index (χ1) is 9.42. The van der Waals surface area contributed by atoms with E-state index in [0.717, 1.165) is 11.8 Å². The number of benzene rings is 1.